The van der Waals surface area contributed by atoms with Crippen LogP contribution in [0, 0.1) is 17.8 Å². The summed E-state index contributed by atoms with van der Waals surface area (Å²) >= 11 is 0. The van der Waals surface area contributed by atoms with Crippen molar-refractivity contribution in [1.82, 2.24) is 10.2 Å². The van der Waals surface area contributed by atoms with Gasteiger partial charge >= 0.3 is 0 Å². The summed E-state index contributed by atoms with van der Waals surface area (Å²) in [4.78, 5) is 15.6. The number of fused-ring (bicyclic) bond motifs is 1. The average molecular weight is 399 g/mol. The second-order valence-corrected chi connectivity index (χ2v) is 10.1. The third-order valence-electron chi connectivity index (χ3n) is 8.10. The summed E-state index contributed by atoms with van der Waals surface area (Å²) in [5, 5.41) is 3.56. The lowest BCUT2D eigenvalue weighted by Crippen LogP contribution is -2.62. The highest BCUT2D eigenvalue weighted by molar-refractivity contribution is 5.82. The molecule has 1 unspecified atom stereocenters. The molecule has 1 aliphatic heterocycles. The Labute approximate surface area is 174 Å². The van der Waals surface area contributed by atoms with E-state index in [-0.39, 0.29) is 17.5 Å². The second-order valence-electron chi connectivity index (χ2n) is 10.1. The molecule has 1 atom stereocenters. The van der Waals surface area contributed by atoms with Crippen molar-refractivity contribution in [3.63, 3.8) is 0 Å². The van der Waals surface area contributed by atoms with E-state index in [0.717, 1.165) is 48.8 Å². The number of rotatable bonds is 5. The molecule has 5 aliphatic rings. The van der Waals surface area contributed by atoms with E-state index in [1.807, 2.05) is 0 Å². The number of nitrogens with one attached hydrogen (secondary N) is 1. The Balaban J connectivity index is 1.28. The summed E-state index contributed by atoms with van der Waals surface area (Å²) in [6.07, 6.45) is 8.76. The first-order valence-corrected chi connectivity index (χ1v) is 11.3. The van der Waals surface area contributed by atoms with E-state index in [4.69, 9.17) is 9.47 Å². The number of amides is 1. The van der Waals surface area contributed by atoms with Gasteiger partial charge in [-0.25, -0.2) is 0 Å². The number of carbonyl (C=O) groups excluding carboxylic acids is 1. The Morgan fingerprint density at radius 2 is 1.59 bits per heavy atom. The van der Waals surface area contributed by atoms with Crippen molar-refractivity contribution in [2.45, 2.75) is 70.0 Å². The van der Waals surface area contributed by atoms with Crippen LogP contribution in [-0.2, 0) is 17.8 Å². The zero-order valence-corrected chi connectivity index (χ0v) is 18.0. The summed E-state index contributed by atoms with van der Waals surface area (Å²) in [5.74, 6) is 4.31. The van der Waals surface area contributed by atoms with Crippen LogP contribution in [0.15, 0.2) is 12.1 Å². The normalized spacial score (nSPS) is 33.8. The van der Waals surface area contributed by atoms with Gasteiger partial charge in [0.2, 0.25) is 5.91 Å². The molecule has 0 saturated heterocycles. The minimum absolute atomic E-state index is 0.0877. The molecule has 158 valence electrons. The van der Waals surface area contributed by atoms with E-state index in [1.165, 1.54) is 49.7 Å². The Hall–Kier alpha value is -1.75. The predicted molar refractivity (Wildman–Crippen MR) is 112 cm³/mol. The lowest BCUT2D eigenvalue weighted by molar-refractivity contribution is -0.132. The fraction of sp³-hybridized carbons (Fsp3) is 0.708. The van der Waals surface area contributed by atoms with Crippen LogP contribution in [0.4, 0.5) is 0 Å². The molecule has 5 heteroatoms. The lowest BCUT2D eigenvalue weighted by Gasteiger charge is -2.57. The van der Waals surface area contributed by atoms with Crippen molar-refractivity contribution in [2.24, 2.45) is 17.8 Å². The van der Waals surface area contributed by atoms with Crippen molar-refractivity contribution in [3.05, 3.63) is 23.3 Å². The number of hydrogen-bond acceptors (Lipinski definition) is 4. The van der Waals surface area contributed by atoms with Crippen molar-refractivity contribution < 1.29 is 14.3 Å². The molecule has 1 heterocycles. The largest absolute Gasteiger partial charge is 0.493 e. The van der Waals surface area contributed by atoms with Gasteiger partial charge in [-0.05, 0) is 92.9 Å². The van der Waals surface area contributed by atoms with Crippen molar-refractivity contribution in [2.75, 3.05) is 20.8 Å². The first kappa shape index (κ1) is 19.2. The van der Waals surface area contributed by atoms with Crippen molar-refractivity contribution in [3.8, 4) is 11.5 Å². The SMILES string of the molecule is COc1cc2c(cc1OC)CN(C(C)C(=O)NC13CC4CC(CC(C4)C1)C3)CC2. The van der Waals surface area contributed by atoms with E-state index in [2.05, 4.69) is 29.3 Å². The van der Waals surface area contributed by atoms with Gasteiger partial charge in [0, 0.05) is 18.6 Å². The molecular formula is C24H34N2O3. The van der Waals surface area contributed by atoms with E-state index in [0.29, 0.717) is 0 Å². The van der Waals surface area contributed by atoms with Gasteiger partial charge in [0.1, 0.15) is 0 Å². The summed E-state index contributed by atoms with van der Waals surface area (Å²) < 4.78 is 10.9. The molecule has 0 radical (unpaired) electrons. The smallest absolute Gasteiger partial charge is 0.237 e. The molecule has 29 heavy (non-hydrogen) atoms. The third kappa shape index (κ3) is 3.41. The van der Waals surface area contributed by atoms with Gasteiger partial charge in [0.05, 0.1) is 20.3 Å². The topological polar surface area (TPSA) is 50.8 Å². The van der Waals surface area contributed by atoms with Crippen LogP contribution in [-0.4, -0.2) is 43.2 Å². The highest BCUT2D eigenvalue weighted by Crippen LogP contribution is 2.55. The summed E-state index contributed by atoms with van der Waals surface area (Å²) in [6.45, 7) is 3.75. The molecular weight excluding hydrogens is 364 g/mol. The van der Waals surface area contributed by atoms with Crippen molar-refractivity contribution >= 4 is 5.91 Å². The maximum absolute atomic E-state index is 13.3. The van der Waals surface area contributed by atoms with Crippen LogP contribution in [0.2, 0.25) is 0 Å². The molecule has 4 aliphatic carbocycles. The first-order valence-electron chi connectivity index (χ1n) is 11.3. The van der Waals surface area contributed by atoms with Gasteiger partial charge in [0.25, 0.3) is 0 Å². The number of hydrogen-bond donors (Lipinski definition) is 1. The molecule has 1 aromatic rings. The number of carbonyl (C=O) groups is 1. The van der Waals surface area contributed by atoms with E-state index >= 15 is 0 Å². The fourth-order valence-electron chi connectivity index (χ4n) is 7.03. The van der Waals surface area contributed by atoms with Gasteiger partial charge in [-0.1, -0.05) is 0 Å². The van der Waals surface area contributed by atoms with Gasteiger partial charge < -0.3 is 14.8 Å². The standard InChI is InChI=1S/C24H34N2O3/c1-15(23(27)25-24-11-16-6-17(12-24)8-18(7-16)13-24)26-5-4-19-9-21(28-2)22(29-3)10-20(19)14-26/h9-10,15-18H,4-8,11-14H2,1-3H3,(H,25,27). The third-order valence-corrected chi connectivity index (χ3v) is 8.10. The van der Waals surface area contributed by atoms with Crippen LogP contribution in [0.25, 0.3) is 0 Å². The number of nitrogens with zero attached hydrogens (tertiary/aromatic N) is 1. The molecule has 4 bridgehead atoms. The number of methoxy groups -OCH3 is 2. The summed E-state index contributed by atoms with van der Waals surface area (Å²) in [6, 6.07) is 4.06. The van der Waals surface area contributed by atoms with Crippen LogP contribution in [0.5, 0.6) is 11.5 Å². The number of benzene rings is 1. The predicted octanol–water partition coefficient (Wildman–Crippen LogP) is 3.54. The monoisotopic (exact) mass is 398 g/mol. The van der Waals surface area contributed by atoms with E-state index in [1.54, 1.807) is 14.2 Å². The Morgan fingerprint density at radius 1 is 1.03 bits per heavy atom. The molecule has 1 N–H and O–H groups in total. The maximum atomic E-state index is 13.3. The minimum atomic E-state index is -0.107. The van der Waals surface area contributed by atoms with Crippen LogP contribution < -0.4 is 14.8 Å². The highest BCUT2D eigenvalue weighted by Gasteiger charge is 2.51. The molecule has 5 nitrogen and oxygen atoms in total. The van der Waals surface area contributed by atoms with Crippen LogP contribution >= 0.6 is 0 Å². The molecule has 0 spiro atoms. The number of ether oxygens (including phenoxy) is 2. The average Bonchev–Trinajstić information content (AvgIpc) is 2.70. The van der Waals surface area contributed by atoms with E-state index < -0.39 is 0 Å². The van der Waals surface area contributed by atoms with Gasteiger partial charge in [-0.15, -0.1) is 0 Å². The molecule has 1 aromatic carbocycles. The Kier molecular flexibility index (Phi) is 4.77. The Bertz CT molecular complexity index is 770. The Morgan fingerprint density at radius 3 is 2.14 bits per heavy atom. The van der Waals surface area contributed by atoms with E-state index in [9.17, 15) is 4.79 Å². The molecule has 0 aromatic heterocycles. The summed E-state index contributed by atoms with van der Waals surface area (Å²) in [7, 11) is 3.35. The van der Waals surface area contributed by atoms with Crippen molar-refractivity contribution in [1.29, 1.82) is 0 Å². The van der Waals surface area contributed by atoms with Gasteiger partial charge in [-0.2, -0.15) is 0 Å². The fourth-order valence-corrected chi connectivity index (χ4v) is 7.03. The van der Waals surface area contributed by atoms with Crippen LogP contribution in [0.3, 0.4) is 0 Å². The summed E-state index contributed by atoms with van der Waals surface area (Å²) in [5.41, 5.74) is 2.63. The quantitative estimate of drug-likeness (QED) is 0.824. The first-order chi connectivity index (χ1) is 14.0. The molecule has 1 amide bonds. The lowest BCUT2D eigenvalue weighted by atomic mass is 9.53. The molecule has 6 rings (SSSR count). The zero-order valence-electron chi connectivity index (χ0n) is 18.0. The molecule has 4 fully saturated rings. The van der Waals surface area contributed by atoms with Gasteiger partial charge in [-0.3, -0.25) is 9.69 Å². The maximum Gasteiger partial charge on any atom is 0.237 e. The van der Waals surface area contributed by atoms with Crippen LogP contribution in [0.1, 0.15) is 56.6 Å². The highest BCUT2D eigenvalue weighted by atomic mass is 16.5. The molecule has 4 saturated carbocycles. The minimum Gasteiger partial charge on any atom is -0.493 e. The van der Waals surface area contributed by atoms with Gasteiger partial charge in [0.15, 0.2) is 11.5 Å². The zero-order chi connectivity index (χ0) is 20.2. The second kappa shape index (κ2) is 7.19.